The van der Waals surface area contributed by atoms with E-state index >= 15 is 0 Å². The Morgan fingerprint density at radius 3 is 2.84 bits per heavy atom. The summed E-state index contributed by atoms with van der Waals surface area (Å²) in [5, 5.41) is 9.20. The van der Waals surface area contributed by atoms with Crippen molar-refractivity contribution >= 4 is 45.1 Å². The first kappa shape index (κ1) is 22.1. The molecule has 4 rings (SSSR count). The first-order chi connectivity index (χ1) is 15.3. The normalized spacial score (nSPS) is 13.3. The van der Waals surface area contributed by atoms with E-state index in [0.29, 0.717) is 3.82 Å². The Bertz CT molecular complexity index is 1240. The lowest BCUT2D eigenvalue weighted by atomic mass is 10.0. The highest BCUT2D eigenvalue weighted by molar-refractivity contribution is 7.93. The second-order valence-corrected chi connectivity index (χ2v) is 9.45. The van der Waals surface area contributed by atoms with Crippen LogP contribution in [-0.2, 0) is 29.5 Å². The van der Waals surface area contributed by atoms with E-state index in [2.05, 4.69) is 35.9 Å². The fourth-order valence-electron chi connectivity index (χ4n) is 3.19. The second kappa shape index (κ2) is 9.18. The van der Waals surface area contributed by atoms with Crippen molar-refractivity contribution < 1.29 is 12.8 Å². The van der Waals surface area contributed by atoms with Crippen LogP contribution in [0.3, 0.4) is 0 Å². The molecular weight excluding hydrogens is 459 g/mol. The zero-order chi connectivity index (χ0) is 22.7. The van der Waals surface area contributed by atoms with E-state index in [1.165, 1.54) is 23.5 Å². The predicted octanol–water partition coefficient (Wildman–Crippen LogP) is 2.33. The van der Waals surface area contributed by atoms with Crippen LogP contribution in [0.25, 0.3) is 0 Å². The van der Waals surface area contributed by atoms with Crippen LogP contribution in [-0.4, -0.2) is 41.2 Å². The molecule has 0 aliphatic carbocycles. The van der Waals surface area contributed by atoms with E-state index in [-0.39, 0.29) is 29.8 Å². The van der Waals surface area contributed by atoms with Gasteiger partial charge in [-0.1, -0.05) is 6.07 Å². The lowest BCUT2D eigenvalue weighted by Gasteiger charge is -2.18. The number of halogens is 2. The van der Waals surface area contributed by atoms with Crippen LogP contribution < -0.4 is 19.8 Å². The van der Waals surface area contributed by atoms with Crippen LogP contribution in [0.2, 0.25) is 0 Å². The summed E-state index contributed by atoms with van der Waals surface area (Å²) >= 11 is 5.87. The van der Waals surface area contributed by atoms with Gasteiger partial charge in [0.1, 0.15) is 5.69 Å². The van der Waals surface area contributed by atoms with Gasteiger partial charge in [-0.15, -0.1) is 0 Å². The Labute approximate surface area is 189 Å². The molecule has 0 atom stereocenters. The summed E-state index contributed by atoms with van der Waals surface area (Å²) in [7, 11) is -3.76. The number of hydrogen-bond acceptors (Lipinski definition) is 9. The maximum atomic E-state index is 14.3. The van der Waals surface area contributed by atoms with Crippen LogP contribution in [0.1, 0.15) is 16.8 Å². The number of nitrogens with one attached hydrogen (secondary N) is 3. The number of sulfonamides is 1. The molecule has 0 unspecified atom stereocenters. The summed E-state index contributed by atoms with van der Waals surface area (Å²) in [5.41, 5.74) is 3.47. The van der Waals surface area contributed by atoms with Gasteiger partial charge in [0, 0.05) is 36.4 Å². The molecule has 0 spiro atoms. The molecule has 1 aromatic carbocycles. The van der Waals surface area contributed by atoms with E-state index < -0.39 is 15.8 Å². The summed E-state index contributed by atoms with van der Waals surface area (Å²) in [6.07, 6.45) is 5.59. The van der Waals surface area contributed by atoms with Gasteiger partial charge >= 0.3 is 0 Å². The van der Waals surface area contributed by atoms with Crippen molar-refractivity contribution in [2.45, 2.75) is 19.5 Å². The average molecular weight is 479 g/mol. The van der Waals surface area contributed by atoms with Crippen LogP contribution in [0.4, 0.5) is 27.7 Å². The zero-order valence-electron chi connectivity index (χ0n) is 17.0. The molecular formula is C19H20ClFN8O2S. The summed E-state index contributed by atoms with van der Waals surface area (Å²) < 4.78 is 38.3. The Kier molecular flexibility index (Phi) is 6.35. The number of aromatic nitrogens is 4. The largest absolute Gasteiger partial charge is 0.362 e. The van der Waals surface area contributed by atoms with Crippen molar-refractivity contribution in [1.29, 1.82) is 0 Å². The monoisotopic (exact) mass is 478 g/mol. The molecule has 0 radical (unpaired) electrons. The zero-order valence-corrected chi connectivity index (χ0v) is 18.6. The number of anilines is 4. The van der Waals surface area contributed by atoms with Crippen molar-refractivity contribution in [2.75, 3.05) is 27.3 Å². The minimum Gasteiger partial charge on any atom is -0.362 e. The minimum absolute atomic E-state index is 0.0683. The molecule has 1 aliphatic heterocycles. The number of fused-ring (bicyclic) bond motifs is 1. The van der Waals surface area contributed by atoms with Gasteiger partial charge in [0.15, 0.2) is 17.5 Å². The number of rotatable bonds is 7. The third-order valence-electron chi connectivity index (χ3n) is 4.73. The lowest BCUT2D eigenvalue weighted by molar-refractivity contribution is 0.603. The molecule has 1 aliphatic rings. The van der Waals surface area contributed by atoms with E-state index in [1.54, 1.807) is 0 Å². The fourth-order valence-corrected chi connectivity index (χ4v) is 3.80. The Balaban J connectivity index is 1.51. The van der Waals surface area contributed by atoms with E-state index in [9.17, 15) is 12.8 Å². The molecule has 32 heavy (non-hydrogen) atoms. The van der Waals surface area contributed by atoms with Gasteiger partial charge in [0.2, 0.25) is 16.0 Å². The van der Waals surface area contributed by atoms with Crippen molar-refractivity contribution in [2.24, 2.45) is 0 Å². The lowest BCUT2D eigenvalue weighted by Crippen LogP contribution is -2.23. The summed E-state index contributed by atoms with van der Waals surface area (Å²) in [4.78, 5) is 16.2. The molecule has 0 saturated heterocycles. The highest BCUT2D eigenvalue weighted by Gasteiger charge is 2.21. The predicted molar refractivity (Wildman–Crippen MR) is 120 cm³/mol. The quantitative estimate of drug-likeness (QED) is 0.438. The molecule has 3 N–H and O–H groups in total. The Morgan fingerprint density at radius 1 is 1.22 bits per heavy atom. The van der Waals surface area contributed by atoms with Gasteiger partial charge in [0.05, 0.1) is 19.0 Å². The SMILES string of the molecule is CS(=O)(=O)N(Cl)c1nccnc1CNc1nc(Nc2ccc3c(c2)CCNC3)ncc1F. The van der Waals surface area contributed by atoms with E-state index in [1.807, 2.05) is 18.2 Å². The van der Waals surface area contributed by atoms with Crippen molar-refractivity contribution in [3.63, 3.8) is 0 Å². The third-order valence-corrected chi connectivity index (χ3v) is 6.39. The van der Waals surface area contributed by atoms with E-state index in [0.717, 1.165) is 37.7 Å². The Morgan fingerprint density at radius 2 is 2.03 bits per heavy atom. The molecule has 0 saturated carbocycles. The molecule has 0 fully saturated rings. The molecule has 3 aromatic rings. The van der Waals surface area contributed by atoms with Gasteiger partial charge in [-0.3, -0.25) is 4.98 Å². The number of hydrogen-bond donors (Lipinski definition) is 3. The summed E-state index contributed by atoms with van der Waals surface area (Å²) in [5.74, 6) is -0.636. The van der Waals surface area contributed by atoms with Crippen LogP contribution >= 0.6 is 11.8 Å². The van der Waals surface area contributed by atoms with Crippen molar-refractivity contribution in [3.8, 4) is 0 Å². The first-order valence-electron chi connectivity index (χ1n) is 9.63. The van der Waals surface area contributed by atoms with Crippen molar-refractivity contribution in [3.05, 3.63) is 59.4 Å². The van der Waals surface area contributed by atoms with Crippen molar-refractivity contribution in [1.82, 2.24) is 25.3 Å². The smallest absolute Gasteiger partial charge is 0.247 e. The molecule has 10 nitrogen and oxygen atoms in total. The van der Waals surface area contributed by atoms with Gasteiger partial charge in [-0.25, -0.2) is 22.8 Å². The van der Waals surface area contributed by atoms with Crippen LogP contribution in [0.15, 0.2) is 36.8 Å². The third kappa shape index (κ3) is 5.03. The number of nitrogens with zero attached hydrogens (tertiary/aromatic N) is 5. The summed E-state index contributed by atoms with van der Waals surface area (Å²) in [6.45, 7) is 1.68. The Hall–Kier alpha value is -3.09. The minimum atomic E-state index is -3.76. The molecule has 3 heterocycles. The standard InChI is InChI=1S/C19H20ClFN8O2S/c1-32(30,31)29(20)18-16(23-6-7-24-18)11-25-17-15(21)10-26-19(28-17)27-14-3-2-13-9-22-5-4-12(13)8-14/h2-3,6-8,10,22H,4-5,9,11H2,1H3,(H2,25,26,27,28). The van der Waals surface area contributed by atoms with E-state index in [4.69, 9.17) is 11.8 Å². The van der Waals surface area contributed by atoms with Crippen LogP contribution in [0, 0.1) is 5.82 Å². The topological polar surface area (TPSA) is 125 Å². The molecule has 0 bridgehead atoms. The van der Waals surface area contributed by atoms with Crippen LogP contribution in [0.5, 0.6) is 0 Å². The van der Waals surface area contributed by atoms with Gasteiger partial charge in [0.25, 0.3) is 0 Å². The molecule has 0 amide bonds. The molecule has 13 heteroatoms. The van der Waals surface area contributed by atoms with Gasteiger partial charge < -0.3 is 16.0 Å². The molecule has 168 valence electrons. The van der Waals surface area contributed by atoms with Gasteiger partial charge in [-0.2, -0.15) is 8.81 Å². The molecule has 2 aromatic heterocycles. The maximum Gasteiger partial charge on any atom is 0.247 e. The number of benzene rings is 1. The maximum absolute atomic E-state index is 14.3. The second-order valence-electron chi connectivity index (χ2n) is 7.08. The first-order valence-corrected chi connectivity index (χ1v) is 11.8. The highest BCUT2D eigenvalue weighted by Crippen LogP contribution is 2.24. The summed E-state index contributed by atoms with van der Waals surface area (Å²) in [6, 6.07) is 5.97. The fraction of sp³-hybridized carbons (Fsp3) is 0.263. The van der Waals surface area contributed by atoms with Gasteiger partial charge in [-0.05, 0) is 36.2 Å². The highest BCUT2D eigenvalue weighted by atomic mass is 35.5. The average Bonchev–Trinajstić information content (AvgIpc) is 2.78.